The van der Waals surface area contributed by atoms with Crippen LogP contribution in [0.4, 0.5) is 4.39 Å². The van der Waals surface area contributed by atoms with Crippen LogP contribution in [0.25, 0.3) is 15.2 Å². The third kappa shape index (κ3) is 6.21. The van der Waals surface area contributed by atoms with Gasteiger partial charge in [0.25, 0.3) is 5.56 Å². The summed E-state index contributed by atoms with van der Waals surface area (Å²) in [7, 11) is 1.47. The molecule has 14 heteroatoms. The standard InChI is InChI=1S/C32H38FN7O5S/c1-18(2)37-30(42)32(4,5)39-27(41)26-19(3)28(40-35-13-14-36-40)46-29(26)38(31(39)43)17-25(23-15-21(33)9-12-24(23)44-6)45-22-10-7-20(16-34)8-11-22/h9,12-15,18,20,22,25H,7-8,10-11,17H2,1-6H3,(H,37,42)/t20?,22?,25-/m0/s1. The summed E-state index contributed by atoms with van der Waals surface area (Å²) in [5.41, 5.74) is -1.99. The number of carbonyl (C=O) groups excluding carboxylic acids is 1. The van der Waals surface area contributed by atoms with Crippen LogP contribution in [0.3, 0.4) is 0 Å². The van der Waals surface area contributed by atoms with Crippen molar-refractivity contribution < 1.29 is 18.7 Å². The molecule has 1 aliphatic carbocycles. The average Bonchev–Trinajstić information content (AvgIpc) is 3.67. The molecule has 1 amide bonds. The monoisotopic (exact) mass is 651 g/mol. The summed E-state index contributed by atoms with van der Waals surface area (Å²) in [5.74, 6) is -0.695. The van der Waals surface area contributed by atoms with Gasteiger partial charge in [0.05, 0.1) is 43.6 Å². The molecule has 0 unspecified atom stereocenters. The molecule has 1 aliphatic rings. The van der Waals surface area contributed by atoms with Crippen LogP contribution in [0.15, 0.2) is 40.2 Å². The molecule has 3 aromatic heterocycles. The number of nitrogens with one attached hydrogen (secondary N) is 1. The second kappa shape index (κ2) is 13.2. The van der Waals surface area contributed by atoms with Crippen molar-refractivity contribution in [3.63, 3.8) is 0 Å². The van der Waals surface area contributed by atoms with Crippen LogP contribution in [-0.4, -0.2) is 49.3 Å². The number of hydrogen-bond donors (Lipinski definition) is 1. The van der Waals surface area contributed by atoms with Gasteiger partial charge in [-0.2, -0.15) is 15.5 Å². The molecule has 0 spiro atoms. The molecule has 0 bridgehead atoms. The van der Waals surface area contributed by atoms with Crippen LogP contribution in [0.5, 0.6) is 5.75 Å². The van der Waals surface area contributed by atoms with Crippen molar-refractivity contribution in [1.82, 2.24) is 29.4 Å². The Kier molecular flexibility index (Phi) is 9.46. The molecule has 4 aromatic rings. The number of thiophene rings is 1. The Morgan fingerprint density at radius 3 is 2.48 bits per heavy atom. The number of hydrogen-bond acceptors (Lipinski definition) is 9. The second-order valence-electron chi connectivity index (χ2n) is 12.4. The lowest BCUT2D eigenvalue weighted by Gasteiger charge is -2.31. The summed E-state index contributed by atoms with van der Waals surface area (Å²) in [6.07, 6.45) is 4.42. The zero-order valence-corrected chi connectivity index (χ0v) is 27.6. The van der Waals surface area contributed by atoms with E-state index in [1.54, 1.807) is 20.8 Å². The molecule has 1 aromatic carbocycles. The lowest BCUT2D eigenvalue weighted by molar-refractivity contribution is -0.129. The van der Waals surface area contributed by atoms with Crippen LogP contribution in [0.2, 0.25) is 0 Å². The zero-order valence-electron chi connectivity index (χ0n) is 26.7. The van der Waals surface area contributed by atoms with Gasteiger partial charge in [-0.05, 0) is 78.5 Å². The van der Waals surface area contributed by atoms with Crippen LogP contribution in [0.1, 0.15) is 70.6 Å². The summed E-state index contributed by atoms with van der Waals surface area (Å²) in [4.78, 5) is 43.9. The van der Waals surface area contributed by atoms with E-state index in [2.05, 4.69) is 21.6 Å². The highest BCUT2D eigenvalue weighted by Crippen LogP contribution is 2.37. The number of benzene rings is 1. The van der Waals surface area contributed by atoms with Gasteiger partial charge in [-0.25, -0.2) is 13.8 Å². The number of aryl methyl sites for hydroxylation is 1. The van der Waals surface area contributed by atoms with E-state index in [4.69, 9.17) is 9.47 Å². The number of amides is 1. The third-order valence-corrected chi connectivity index (χ3v) is 9.70. The van der Waals surface area contributed by atoms with Gasteiger partial charge in [0.15, 0.2) is 0 Å². The number of nitriles is 1. The minimum absolute atomic E-state index is 0.0598. The minimum Gasteiger partial charge on any atom is -0.496 e. The molecule has 5 rings (SSSR count). The number of fused-ring (bicyclic) bond motifs is 1. The fourth-order valence-corrected chi connectivity index (χ4v) is 7.16. The van der Waals surface area contributed by atoms with E-state index in [0.717, 1.165) is 15.9 Å². The highest BCUT2D eigenvalue weighted by molar-refractivity contribution is 7.21. The van der Waals surface area contributed by atoms with E-state index >= 15 is 0 Å². The van der Waals surface area contributed by atoms with Crippen LogP contribution in [0, 0.1) is 30.0 Å². The van der Waals surface area contributed by atoms with E-state index in [1.165, 1.54) is 60.9 Å². The highest BCUT2D eigenvalue weighted by Gasteiger charge is 2.37. The third-order valence-electron chi connectivity index (χ3n) is 8.42. The van der Waals surface area contributed by atoms with E-state index in [1.807, 2.05) is 0 Å². The van der Waals surface area contributed by atoms with E-state index in [-0.39, 0.29) is 30.0 Å². The SMILES string of the molecule is COc1ccc(F)cc1[C@H](Cn1c(=O)n(C(C)(C)C(=O)NC(C)C)c(=O)c2c(C)c(-n3nccn3)sc21)OC1CCC(C#N)CC1. The first kappa shape index (κ1) is 33.0. The lowest BCUT2D eigenvalue weighted by Crippen LogP contribution is -2.56. The Bertz CT molecular complexity index is 1900. The molecule has 1 saturated carbocycles. The lowest BCUT2D eigenvalue weighted by atomic mass is 9.88. The van der Waals surface area contributed by atoms with E-state index < -0.39 is 34.6 Å². The smallest absolute Gasteiger partial charge is 0.333 e. The molecule has 46 heavy (non-hydrogen) atoms. The molecule has 0 aliphatic heterocycles. The maximum absolute atomic E-state index is 14.8. The van der Waals surface area contributed by atoms with Gasteiger partial charge in [-0.3, -0.25) is 14.2 Å². The van der Waals surface area contributed by atoms with Gasteiger partial charge >= 0.3 is 5.69 Å². The maximum atomic E-state index is 14.8. The fourth-order valence-electron chi connectivity index (χ4n) is 5.94. The largest absolute Gasteiger partial charge is 0.496 e. The molecular weight excluding hydrogens is 613 g/mol. The first-order valence-electron chi connectivity index (χ1n) is 15.2. The number of rotatable bonds is 10. The Hall–Kier alpha value is -4.35. The fraction of sp³-hybridized carbons (Fsp3) is 0.500. The van der Waals surface area contributed by atoms with Crippen molar-refractivity contribution in [2.75, 3.05) is 7.11 Å². The molecule has 12 nitrogen and oxygen atoms in total. The predicted octanol–water partition coefficient (Wildman–Crippen LogP) is 4.36. The molecule has 1 fully saturated rings. The molecule has 0 radical (unpaired) electrons. The van der Waals surface area contributed by atoms with Gasteiger partial charge in [0.1, 0.15) is 33.0 Å². The van der Waals surface area contributed by atoms with Crippen molar-refractivity contribution in [3.05, 3.63) is 68.4 Å². The highest BCUT2D eigenvalue weighted by atomic mass is 32.1. The zero-order chi connectivity index (χ0) is 33.3. The van der Waals surface area contributed by atoms with Crippen molar-refractivity contribution in [1.29, 1.82) is 5.26 Å². The number of halogens is 1. The summed E-state index contributed by atoms with van der Waals surface area (Å²) in [6.45, 7) is 8.26. The number of methoxy groups -OCH3 is 1. The Balaban J connectivity index is 1.74. The van der Waals surface area contributed by atoms with Gasteiger partial charge in [0, 0.05) is 23.1 Å². The van der Waals surface area contributed by atoms with Gasteiger partial charge in [-0.15, -0.1) is 4.80 Å². The summed E-state index contributed by atoms with van der Waals surface area (Å²) < 4.78 is 29.4. The molecule has 244 valence electrons. The number of ether oxygens (including phenoxy) is 2. The first-order chi connectivity index (χ1) is 21.9. The summed E-state index contributed by atoms with van der Waals surface area (Å²) in [5, 5.41) is 21.5. The normalized spacial score (nSPS) is 17.6. The van der Waals surface area contributed by atoms with Crippen molar-refractivity contribution in [2.24, 2.45) is 5.92 Å². The van der Waals surface area contributed by atoms with Crippen molar-refractivity contribution in [2.45, 2.75) is 90.6 Å². The number of carbonyl (C=O) groups is 1. The van der Waals surface area contributed by atoms with E-state index in [0.29, 0.717) is 52.4 Å². The van der Waals surface area contributed by atoms with Gasteiger partial charge in [-0.1, -0.05) is 11.3 Å². The summed E-state index contributed by atoms with van der Waals surface area (Å²) >= 11 is 1.16. The summed E-state index contributed by atoms with van der Waals surface area (Å²) in [6, 6.07) is 6.19. The van der Waals surface area contributed by atoms with Gasteiger partial charge in [0.2, 0.25) is 5.91 Å². The van der Waals surface area contributed by atoms with Crippen molar-refractivity contribution in [3.8, 4) is 16.8 Å². The average molecular weight is 652 g/mol. The molecule has 3 heterocycles. The first-order valence-corrected chi connectivity index (χ1v) is 16.0. The van der Waals surface area contributed by atoms with Crippen LogP contribution < -0.4 is 21.3 Å². The quantitative estimate of drug-likeness (QED) is 0.266. The minimum atomic E-state index is -1.57. The molecule has 1 N–H and O–H groups in total. The van der Waals surface area contributed by atoms with Crippen LogP contribution >= 0.6 is 11.3 Å². The predicted molar refractivity (Wildman–Crippen MR) is 171 cm³/mol. The second-order valence-corrected chi connectivity index (χ2v) is 13.3. The van der Waals surface area contributed by atoms with Gasteiger partial charge < -0.3 is 14.8 Å². The Morgan fingerprint density at radius 1 is 1.20 bits per heavy atom. The molecule has 1 atom stereocenters. The maximum Gasteiger partial charge on any atom is 0.333 e. The Labute approximate surface area is 269 Å². The molecule has 0 saturated heterocycles. The van der Waals surface area contributed by atoms with Crippen LogP contribution in [-0.2, 0) is 21.6 Å². The van der Waals surface area contributed by atoms with E-state index in [9.17, 15) is 24.0 Å². The number of nitrogens with zero attached hydrogens (tertiary/aromatic N) is 6. The Morgan fingerprint density at radius 2 is 1.87 bits per heavy atom. The topological polar surface area (TPSA) is 146 Å². The molecular formula is C32H38FN7O5S. The number of aromatic nitrogens is 5. The van der Waals surface area contributed by atoms with Crippen molar-refractivity contribution >= 4 is 27.5 Å².